The summed E-state index contributed by atoms with van der Waals surface area (Å²) in [6.45, 7) is 14.4. The lowest BCUT2D eigenvalue weighted by Crippen LogP contribution is -2.41. The van der Waals surface area contributed by atoms with Gasteiger partial charge in [0.05, 0.1) is 17.8 Å². The molecule has 1 saturated heterocycles. The molecule has 1 aliphatic rings. The van der Waals surface area contributed by atoms with E-state index in [1.165, 1.54) is 0 Å². The molecule has 0 saturated carbocycles. The van der Waals surface area contributed by atoms with Crippen molar-refractivity contribution in [2.24, 2.45) is 0 Å². The van der Waals surface area contributed by atoms with Gasteiger partial charge >= 0.3 is 13.2 Å². The Hall–Kier alpha value is -1.44. The van der Waals surface area contributed by atoms with E-state index in [9.17, 15) is 4.79 Å². The molecule has 0 aliphatic carbocycles. The van der Waals surface area contributed by atoms with Gasteiger partial charge in [-0.1, -0.05) is 17.7 Å². The predicted molar refractivity (Wildman–Crippen MR) is 112 cm³/mol. The molecule has 1 aliphatic heterocycles. The second-order valence-corrected chi connectivity index (χ2v) is 9.34. The van der Waals surface area contributed by atoms with Crippen LogP contribution in [0.25, 0.3) is 0 Å². The Bertz CT molecular complexity index is 686. The first-order valence-corrected chi connectivity index (χ1v) is 9.93. The highest BCUT2D eigenvalue weighted by Gasteiger charge is 2.52. The maximum Gasteiger partial charge on any atom is 0.498 e. The van der Waals surface area contributed by atoms with Gasteiger partial charge in [0.1, 0.15) is 11.4 Å². The molecule has 1 heterocycles. The Morgan fingerprint density at radius 1 is 1.18 bits per heavy atom. The van der Waals surface area contributed by atoms with Gasteiger partial charge in [0.2, 0.25) is 0 Å². The lowest BCUT2D eigenvalue weighted by atomic mass is 9.78. The molecule has 2 rings (SSSR count). The third-order valence-corrected chi connectivity index (χ3v) is 4.96. The number of amides is 1. The first kappa shape index (κ1) is 22.8. The van der Waals surface area contributed by atoms with E-state index >= 15 is 0 Å². The van der Waals surface area contributed by atoms with E-state index in [0.29, 0.717) is 30.3 Å². The average molecular weight is 412 g/mol. The molecule has 1 N–H and O–H groups in total. The molecule has 1 aromatic carbocycles. The maximum absolute atomic E-state index is 11.7. The van der Waals surface area contributed by atoms with E-state index in [-0.39, 0.29) is 0 Å². The van der Waals surface area contributed by atoms with E-state index in [1.807, 2.05) is 54.5 Å². The lowest BCUT2D eigenvalue weighted by Gasteiger charge is -2.32. The molecule has 28 heavy (non-hydrogen) atoms. The summed E-state index contributed by atoms with van der Waals surface area (Å²) in [5.74, 6) is 0.614. The van der Waals surface area contributed by atoms with Crippen LogP contribution < -0.4 is 15.5 Å². The lowest BCUT2D eigenvalue weighted by molar-refractivity contribution is 0.00578. The standard InChI is InChI=1S/C20H31BClNO5/c1-18(2,3)26-17(24)23-11-8-12-25-16-13-14(22)9-10-15(16)21-27-19(4,5)20(6,7)28-21/h9-10,13H,8,11-12H2,1-7H3,(H,23,24). The van der Waals surface area contributed by atoms with Crippen LogP contribution in [0.1, 0.15) is 54.9 Å². The zero-order valence-corrected chi connectivity index (χ0v) is 18.6. The topological polar surface area (TPSA) is 66.0 Å². The number of alkyl carbamates (subject to hydrolysis) is 1. The number of carbonyl (C=O) groups is 1. The number of ether oxygens (including phenoxy) is 2. The van der Waals surface area contributed by atoms with E-state index in [0.717, 1.165) is 5.46 Å². The second-order valence-electron chi connectivity index (χ2n) is 8.90. The molecule has 8 heteroatoms. The summed E-state index contributed by atoms with van der Waals surface area (Å²) in [5, 5.41) is 3.28. The van der Waals surface area contributed by atoms with Crippen molar-refractivity contribution >= 4 is 30.3 Å². The molecule has 0 aromatic heterocycles. The van der Waals surface area contributed by atoms with Crippen LogP contribution in [-0.2, 0) is 14.0 Å². The van der Waals surface area contributed by atoms with Gasteiger partial charge in [-0.05, 0) is 67.0 Å². The Balaban J connectivity index is 1.92. The minimum absolute atomic E-state index is 0.405. The summed E-state index contributed by atoms with van der Waals surface area (Å²) in [5.41, 5.74) is -0.597. The number of hydrogen-bond donors (Lipinski definition) is 1. The minimum Gasteiger partial charge on any atom is -0.494 e. The van der Waals surface area contributed by atoms with Crippen LogP contribution in [0, 0.1) is 0 Å². The van der Waals surface area contributed by atoms with Gasteiger partial charge in [0.25, 0.3) is 0 Å². The third kappa shape index (κ3) is 6.03. The normalized spacial score (nSPS) is 18.1. The molecule has 0 radical (unpaired) electrons. The van der Waals surface area contributed by atoms with Gasteiger partial charge in [0.15, 0.2) is 0 Å². The van der Waals surface area contributed by atoms with E-state index in [2.05, 4.69) is 5.32 Å². The third-order valence-electron chi connectivity index (χ3n) is 4.73. The Labute approximate surface area is 173 Å². The molecule has 1 fully saturated rings. The molecule has 1 amide bonds. The Kier molecular flexibility index (Phi) is 6.95. The van der Waals surface area contributed by atoms with Crippen molar-refractivity contribution in [3.63, 3.8) is 0 Å². The molecule has 0 spiro atoms. The molecule has 0 unspecified atom stereocenters. The molecule has 1 aromatic rings. The van der Waals surface area contributed by atoms with Crippen LogP contribution in [0.2, 0.25) is 5.02 Å². The summed E-state index contributed by atoms with van der Waals surface area (Å²) < 4.78 is 23.3. The average Bonchev–Trinajstić information content (AvgIpc) is 2.73. The molecular weight excluding hydrogens is 380 g/mol. The summed E-state index contributed by atoms with van der Waals surface area (Å²) in [6.07, 6.45) is 0.183. The number of benzene rings is 1. The van der Waals surface area contributed by atoms with Gasteiger partial charge in [0, 0.05) is 17.0 Å². The number of carbonyl (C=O) groups excluding carboxylic acids is 1. The number of halogens is 1. The van der Waals surface area contributed by atoms with E-state index in [1.54, 1.807) is 12.1 Å². The summed E-state index contributed by atoms with van der Waals surface area (Å²) in [7, 11) is -0.530. The van der Waals surface area contributed by atoms with Crippen molar-refractivity contribution in [2.75, 3.05) is 13.2 Å². The van der Waals surface area contributed by atoms with Crippen molar-refractivity contribution < 1.29 is 23.6 Å². The summed E-state index contributed by atoms with van der Waals surface area (Å²) in [4.78, 5) is 11.7. The largest absolute Gasteiger partial charge is 0.498 e. The highest BCUT2D eigenvalue weighted by molar-refractivity contribution is 6.63. The summed E-state index contributed by atoms with van der Waals surface area (Å²) in [6, 6.07) is 5.40. The van der Waals surface area contributed by atoms with Crippen LogP contribution in [0.5, 0.6) is 5.75 Å². The molecule has 0 atom stereocenters. The van der Waals surface area contributed by atoms with Crippen LogP contribution in [-0.4, -0.2) is 43.2 Å². The quantitative estimate of drug-likeness (QED) is 0.567. The molecule has 156 valence electrons. The zero-order valence-electron chi connectivity index (χ0n) is 17.8. The Morgan fingerprint density at radius 2 is 1.79 bits per heavy atom. The predicted octanol–water partition coefficient (Wildman–Crippen LogP) is 3.93. The monoisotopic (exact) mass is 411 g/mol. The van der Waals surface area contributed by atoms with Crippen LogP contribution in [0.15, 0.2) is 18.2 Å². The number of nitrogens with one attached hydrogen (secondary N) is 1. The second kappa shape index (κ2) is 8.51. The molecule has 6 nitrogen and oxygen atoms in total. The van der Waals surface area contributed by atoms with Gasteiger partial charge in [-0.2, -0.15) is 0 Å². The fourth-order valence-corrected chi connectivity index (χ4v) is 2.72. The van der Waals surface area contributed by atoms with Gasteiger partial charge in [-0.15, -0.1) is 0 Å². The first-order valence-electron chi connectivity index (χ1n) is 9.55. The van der Waals surface area contributed by atoms with Crippen LogP contribution in [0.3, 0.4) is 0 Å². The van der Waals surface area contributed by atoms with Crippen molar-refractivity contribution in [3.05, 3.63) is 23.2 Å². The van der Waals surface area contributed by atoms with Gasteiger partial charge in [-0.3, -0.25) is 0 Å². The molecule has 0 bridgehead atoms. The molecular formula is C20H31BClNO5. The van der Waals surface area contributed by atoms with Crippen molar-refractivity contribution in [2.45, 2.75) is 71.7 Å². The fraction of sp³-hybridized carbons (Fsp3) is 0.650. The highest BCUT2D eigenvalue weighted by Crippen LogP contribution is 2.37. The summed E-state index contributed by atoms with van der Waals surface area (Å²) >= 11 is 6.14. The van der Waals surface area contributed by atoms with Gasteiger partial charge < -0.3 is 24.1 Å². The fourth-order valence-electron chi connectivity index (χ4n) is 2.56. The van der Waals surface area contributed by atoms with E-state index in [4.69, 9.17) is 30.4 Å². The van der Waals surface area contributed by atoms with E-state index < -0.39 is 30.0 Å². The SMILES string of the molecule is CC(C)(C)OC(=O)NCCCOc1cc(Cl)ccc1B1OC(C)(C)C(C)(C)O1. The van der Waals surface area contributed by atoms with Crippen molar-refractivity contribution in [3.8, 4) is 5.75 Å². The number of rotatable bonds is 6. The first-order chi connectivity index (χ1) is 12.8. The van der Waals surface area contributed by atoms with Gasteiger partial charge in [-0.25, -0.2) is 4.79 Å². The van der Waals surface area contributed by atoms with Crippen LogP contribution in [0.4, 0.5) is 4.79 Å². The van der Waals surface area contributed by atoms with Crippen molar-refractivity contribution in [1.29, 1.82) is 0 Å². The smallest absolute Gasteiger partial charge is 0.494 e. The number of hydrogen-bond acceptors (Lipinski definition) is 5. The Morgan fingerprint density at radius 3 is 2.36 bits per heavy atom. The minimum atomic E-state index is -0.530. The van der Waals surface area contributed by atoms with Crippen LogP contribution >= 0.6 is 11.6 Å². The van der Waals surface area contributed by atoms with Crippen molar-refractivity contribution in [1.82, 2.24) is 5.32 Å². The highest BCUT2D eigenvalue weighted by atomic mass is 35.5. The maximum atomic E-state index is 11.7. The zero-order chi connectivity index (χ0) is 21.2.